The smallest absolute Gasteiger partial charge is 0.353 e. The highest BCUT2D eigenvalue weighted by Gasteiger charge is 2.31. The number of esters is 1. The Morgan fingerprint density at radius 1 is 0.971 bits per heavy atom. The van der Waals surface area contributed by atoms with Crippen LogP contribution in [0.15, 0.2) is 55.1 Å². The van der Waals surface area contributed by atoms with E-state index in [2.05, 4.69) is 19.9 Å². The van der Waals surface area contributed by atoms with Crippen LogP contribution in [-0.2, 0) is 22.6 Å². The molecule has 3 heterocycles. The number of pyridine rings is 2. The molecule has 0 bridgehead atoms. The Morgan fingerprint density at radius 2 is 1.53 bits per heavy atom. The number of nitro groups is 1. The molecule has 0 spiro atoms. The van der Waals surface area contributed by atoms with Crippen LogP contribution in [0, 0.1) is 10.1 Å². The zero-order valence-corrected chi connectivity index (χ0v) is 19.6. The van der Waals surface area contributed by atoms with Crippen molar-refractivity contribution in [3.05, 3.63) is 76.6 Å². The van der Waals surface area contributed by atoms with Crippen molar-refractivity contribution >= 4 is 23.3 Å². The second kappa shape index (κ2) is 10.6. The summed E-state index contributed by atoms with van der Waals surface area (Å²) in [5.41, 5.74) is 0.411. The first-order valence-corrected chi connectivity index (χ1v) is 10.6. The molecule has 34 heavy (non-hydrogen) atoms. The van der Waals surface area contributed by atoms with Crippen molar-refractivity contribution in [2.45, 2.75) is 39.5 Å². The lowest BCUT2D eigenvalue weighted by Crippen LogP contribution is -2.34. The van der Waals surface area contributed by atoms with Crippen LogP contribution in [0.5, 0.6) is 0 Å². The monoisotopic (exact) mass is 465 g/mol. The van der Waals surface area contributed by atoms with Crippen LogP contribution in [0.1, 0.15) is 32.2 Å². The molecule has 11 heteroatoms. The topological polar surface area (TPSA) is 127 Å². The van der Waals surface area contributed by atoms with Gasteiger partial charge in [-0.3, -0.25) is 24.9 Å². The van der Waals surface area contributed by atoms with Crippen molar-refractivity contribution in [2.75, 3.05) is 23.4 Å². The average Bonchev–Trinajstić information content (AvgIpc) is 2.78. The van der Waals surface area contributed by atoms with Gasteiger partial charge in [0, 0.05) is 19.4 Å². The number of ether oxygens (including phenoxy) is 1. The maximum absolute atomic E-state index is 12.3. The molecular formula is C23H27N7O4. The molecule has 3 aromatic heterocycles. The number of hydrogen-bond acceptors (Lipinski definition) is 10. The zero-order chi connectivity index (χ0) is 24.7. The summed E-state index contributed by atoms with van der Waals surface area (Å²) in [5, 5.41) is 12.2. The zero-order valence-electron chi connectivity index (χ0n) is 19.6. The highest BCUT2D eigenvalue weighted by Crippen LogP contribution is 2.35. The minimum Gasteiger partial charge on any atom is -0.459 e. The Labute approximate surface area is 197 Å². The quantitative estimate of drug-likeness (QED) is 0.264. The lowest BCUT2D eigenvalue weighted by atomic mass is 10.2. The summed E-state index contributed by atoms with van der Waals surface area (Å²) in [6.07, 6.45) is 4.55. The predicted molar refractivity (Wildman–Crippen MR) is 126 cm³/mol. The van der Waals surface area contributed by atoms with Crippen molar-refractivity contribution in [1.29, 1.82) is 0 Å². The Hall–Kier alpha value is -4.15. The lowest BCUT2D eigenvalue weighted by Gasteiger charge is -2.25. The van der Waals surface area contributed by atoms with Crippen LogP contribution in [0.3, 0.4) is 0 Å². The molecule has 3 aromatic rings. The molecule has 0 amide bonds. The number of hydrogen-bond donors (Lipinski definition) is 0. The van der Waals surface area contributed by atoms with Gasteiger partial charge in [-0.2, -0.15) is 0 Å². The first-order valence-electron chi connectivity index (χ1n) is 10.6. The van der Waals surface area contributed by atoms with E-state index in [9.17, 15) is 14.9 Å². The van der Waals surface area contributed by atoms with Gasteiger partial charge in [0.05, 0.1) is 29.4 Å². The summed E-state index contributed by atoms with van der Waals surface area (Å²) in [6.45, 7) is 5.56. The number of anilines is 2. The van der Waals surface area contributed by atoms with E-state index in [0.29, 0.717) is 11.4 Å². The largest absolute Gasteiger partial charge is 0.459 e. The highest BCUT2D eigenvalue weighted by atomic mass is 16.6. The van der Waals surface area contributed by atoms with Gasteiger partial charge in [-0.1, -0.05) is 12.1 Å². The Morgan fingerprint density at radius 3 is 2.00 bits per heavy atom. The molecule has 0 aromatic carbocycles. The molecule has 0 aliphatic heterocycles. The van der Waals surface area contributed by atoms with E-state index in [1.54, 1.807) is 57.2 Å². The van der Waals surface area contributed by atoms with Gasteiger partial charge in [0.1, 0.15) is 18.5 Å². The maximum Gasteiger partial charge on any atom is 0.353 e. The van der Waals surface area contributed by atoms with E-state index in [4.69, 9.17) is 4.74 Å². The molecule has 0 N–H and O–H groups in total. The van der Waals surface area contributed by atoms with Crippen molar-refractivity contribution in [2.24, 2.45) is 0 Å². The maximum atomic E-state index is 12.3. The van der Waals surface area contributed by atoms with Gasteiger partial charge in [-0.25, -0.2) is 9.97 Å². The molecule has 0 saturated carbocycles. The van der Waals surface area contributed by atoms with E-state index in [1.807, 2.05) is 24.3 Å². The van der Waals surface area contributed by atoms with Gasteiger partial charge in [0.15, 0.2) is 0 Å². The van der Waals surface area contributed by atoms with E-state index < -0.39 is 16.5 Å². The standard InChI is InChI=1S/C23H27N7O4/c1-23(2,3)34-19(31)15-28(4)21-20(30(32)33)22(27-16-26-21)29(13-17-9-5-7-11-24-17)14-18-10-6-8-12-25-18/h5-12,16H,13-15H2,1-4H3. The summed E-state index contributed by atoms with van der Waals surface area (Å²) in [5.74, 6) is -0.418. The molecule has 3 rings (SSSR count). The summed E-state index contributed by atoms with van der Waals surface area (Å²) < 4.78 is 5.35. The van der Waals surface area contributed by atoms with E-state index in [0.717, 1.165) is 0 Å². The number of carbonyl (C=O) groups excluding carboxylic acids is 1. The fourth-order valence-corrected chi connectivity index (χ4v) is 3.26. The van der Waals surface area contributed by atoms with Crippen LogP contribution in [0.2, 0.25) is 0 Å². The Balaban J connectivity index is 1.99. The molecule has 178 valence electrons. The first-order chi connectivity index (χ1) is 16.1. The van der Waals surface area contributed by atoms with E-state index in [-0.39, 0.29) is 37.0 Å². The molecule has 0 aliphatic rings. The third-order valence-electron chi connectivity index (χ3n) is 4.57. The molecule has 0 atom stereocenters. The fraction of sp³-hybridized carbons (Fsp3) is 0.348. The van der Waals surface area contributed by atoms with Crippen LogP contribution >= 0.6 is 0 Å². The van der Waals surface area contributed by atoms with Gasteiger partial charge >= 0.3 is 11.7 Å². The van der Waals surface area contributed by atoms with Crippen LogP contribution in [0.25, 0.3) is 0 Å². The van der Waals surface area contributed by atoms with Gasteiger partial charge in [-0.05, 0) is 45.0 Å². The highest BCUT2D eigenvalue weighted by molar-refractivity contribution is 5.79. The summed E-state index contributed by atoms with van der Waals surface area (Å²) in [7, 11) is 1.55. The van der Waals surface area contributed by atoms with E-state index >= 15 is 0 Å². The Bertz CT molecular complexity index is 1080. The van der Waals surface area contributed by atoms with Crippen LogP contribution in [0.4, 0.5) is 17.3 Å². The number of likely N-dealkylation sites (N-methyl/N-ethyl adjacent to an activating group) is 1. The second-order valence-electron chi connectivity index (χ2n) is 8.57. The molecule has 0 unspecified atom stereocenters. The Kier molecular flexibility index (Phi) is 7.67. The second-order valence-corrected chi connectivity index (χ2v) is 8.57. The van der Waals surface area contributed by atoms with Crippen molar-refractivity contribution in [1.82, 2.24) is 19.9 Å². The minimum absolute atomic E-state index is 0.00732. The van der Waals surface area contributed by atoms with Crippen molar-refractivity contribution < 1.29 is 14.5 Å². The molecule has 0 radical (unpaired) electrons. The normalized spacial score (nSPS) is 11.1. The van der Waals surface area contributed by atoms with Gasteiger partial charge in [0.2, 0.25) is 11.6 Å². The number of nitrogens with zero attached hydrogens (tertiary/aromatic N) is 7. The number of aromatic nitrogens is 4. The molecular weight excluding hydrogens is 438 g/mol. The summed E-state index contributed by atoms with van der Waals surface area (Å²) in [6, 6.07) is 10.9. The number of rotatable bonds is 9. The summed E-state index contributed by atoms with van der Waals surface area (Å²) >= 11 is 0. The van der Waals surface area contributed by atoms with E-state index in [1.165, 1.54) is 11.2 Å². The lowest BCUT2D eigenvalue weighted by molar-refractivity contribution is -0.383. The minimum atomic E-state index is -0.678. The molecule has 11 nitrogen and oxygen atoms in total. The average molecular weight is 466 g/mol. The number of carbonyl (C=O) groups is 1. The van der Waals surface area contributed by atoms with Crippen LogP contribution < -0.4 is 9.80 Å². The van der Waals surface area contributed by atoms with Crippen molar-refractivity contribution in [3.8, 4) is 0 Å². The SMILES string of the molecule is CN(CC(=O)OC(C)(C)C)c1ncnc(N(Cc2ccccn2)Cc2ccccn2)c1[N+](=O)[O-]. The third kappa shape index (κ3) is 6.67. The third-order valence-corrected chi connectivity index (χ3v) is 4.57. The fourth-order valence-electron chi connectivity index (χ4n) is 3.26. The van der Waals surface area contributed by atoms with Gasteiger partial charge in [-0.15, -0.1) is 0 Å². The summed E-state index contributed by atoms with van der Waals surface area (Å²) in [4.78, 5) is 44.1. The van der Waals surface area contributed by atoms with Crippen LogP contribution in [-0.4, -0.2) is 50.0 Å². The van der Waals surface area contributed by atoms with Crippen molar-refractivity contribution in [3.63, 3.8) is 0 Å². The van der Waals surface area contributed by atoms with Gasteiger partial charge < -0.3 is 14.5 Å². The predicted octanol–water partition coefficient (Wildman–Crippen LogP) is 3.16. The molecule has 0 saturated heterocycles. The molecule has 0 aliphatic carbocycles. The molecule has 0 fully saturated rings. The van der Waals surface area contributed by atoms with Gasteiger partial charge in [0.25, 0.3) is 0 Å². The first kappa shape index (κ1) is 24.5.